The quantitative estimate of drug-likeness (QED) is 0.807. The monoisotopic (exact) mass is 389 g/mol. The molecular weight excluding hydrogens is 362 g/mol. The van der Waals surface area contributed by atoms with Crippen molar-refractivity contribution in [3.8, 4) is 0 Å². The molecule has 1 N–H and O–H groups in total. The highest BCUT2D eigenvalue weighted by molar-refractivity contribution is 7.89. The molecule has 1 fully saturated rings. The maximum absolute atomic E-state index is 13.1. The lowest BCUT2D eigenvalue weighted by Crippen LogP contribution is -2.46. The Hall–Kier alpha value is -1.15. The van der Waals surface area contributed by atoms with Crippen LogP contribution in [0.3, 0.4) is 0 Å². The Morgan fingerprint density at radius 3 is 2.44 bits per heavy atom. The lowest BCUT2D eigenvalue weighted by atomic mass is 10.1. The van der Waals surface area contributed by atoms with Gasteiger partial charge in [-0.3, -0.25) is 4.79 Å². The predicted octanol–water partition coefficient (Wildman–Crippen LogP) is 1.96. The fourth-order valence-electron chi connectivity index (χ4n) is 3.00. The standard InChI is InChI=1S/C17H27N3O3S.ClH/c1-4-12-20(15-8-10-18-11-9-15)24(22,23)16-7-5-6-14(13-16)17(21)19(2)3;/h5-7,13,15,18H,4,8-12H2,1-3H3;1H. The molecule has 0 unspecified atom stereocenters. The van der Waals surface area contributed by atoms with Crippen LogP contribution in [0.25, 0.3) is 0 Å². The molecule has 8 heteroatoms. The second kappa shape index (κ2) is 9.52. The molecule has 0 aliphatic carbocycles. The van der Waals surface area contributed by atoms with Crippen LogP contribution < -0.4 is 5.32 Å². The number of benzene rings is 1. The van der Waals surface area contributed by atoms with Crippen LogP contribution in [0.2, 0.25) is 0 Å². The van der Waals surface area contributed by atoms with Gasteiger partial charge in [-0.1, -0.05) is 13.0 Å². The summed E-state index contributed by atoms with van der Waals surface area (Å²) in [7, 11) is -0.300. The van der Waals surface area contributed by atoms with Crippen LogP contribution in [-0.2, 0) is 10.0 Å². The van der Waals surface area contributed by atoms with Crippen LogP contribution in [-0.4, -0.2) is 63.3 Å². The molecule has 6 nitrogen and oxygen atoms in total. The summed E-state index contributed by atoms with van der Waals surface area (Å²) in [5.74, 6) is -0.198. The van der Waals surface area contributed by atoms with Crippen molar-refractivity contribution in [3.63, 3.8) is 0 Å². The van der Waals surface area contributed by atoms with Gasteiger partial charge in [-0.25, -0.2) is 8.42 Å². The summed E-state index contributed by atoms with van der Waals surface area (Å²) in [4.78, 5) is 13.8. The molecule has 0 spiro atoms. The average Bonchev–Trinajstić information content (AvgIpc) is 2.59. The Morgan fingerprint density at radius 2 is 1.88 bits per heavy atom. The molecule has 1 amide bonds. The number of sulfonamides is 1. The minimum Gasteiger partial charge on any atom is -0.345 e. The van der Waals surface area contributed by atoms with E-state index >= 15 is 0 Å². The van der Waals surface area contributed by atoms with E-state index in [0.717, 1.165) is 32.4 Å². The number of carbonyl (C=O) groups is 1. The highest BCUT2D eigenvalue weighted by atomic mass is 35.5. The second-order valence-corrected chi connectivity index (χ2v) is 8.21. The number of piperidine rings is 1. The normalized spacial score (nSPS) is 15.7. The van der Waals surface area contributed by atoms with Gasteiger partial charge >= 0.3 is 0 Å². The molecular formula is C17H28ClN3O3S. The second-order valence-electron chi connectivity index (χ2n) is 6.32. The summed E-state index contributed by atoms with van der Waals surface area (Å²) in [6.07, 6.45) is 2.39. The Balaban J connectivity index is 0.00000312. The van der Waals surface area contributed by atoms with Crippen molar-refractivity contribution in [2.24, 2.45) is 0 Å². The van der Waals surface area contributed by atoms with E-state index in [2.05, 4.69) is 5.32 Å². The molecule has 1 aromatic rings. The van der Waals surface area contributed by atoms with Crippen molar-refractivity contribution in [1.29, 1.82) is 0 Å². The molecule has 1 heterocycles. The van der Waals surface area contributed by atoms with Crippen LogP contribution in [0.1, 0.15) is 36.5 Å². The number of carbonyl (C=O) groups excluding carboxylic acids is 1. The summed E-state index contributed by atoms with van der Waals surface area (Å²) in [5.41, 5.74) is 0.392. The van der Waals surface area contributed by atoms with Crippen molar-refractivity contribution in [2.45, 2.75) is 37.1 Å². The van der Waals surface area contributed by atoms with Crippen molar-refractivity contribution in [2.75, 3.05) is 33.7 Å². The first-order valence-electron chi connectivity index (χ1n) is 8.42. The van der Waals surface area contributed by atoms with Gasteiger partial charge in [0.2, 0.25) is 10.0 Å². The zero-order valence-corrected chi connectivity index (χ0v) is 16.7. The summed E-state index contributed by atoms with van der Waals surface area (Å²) in [6, 6.07) is 6.36. The number of hydrogen-bond acceptors (Lipinski definition) is 4. The number of rotatable bonds is 6. The summed E-state index contributed by atoms with van der Waals surface area (Å²) < 4.78 is 27.9. The first-order chi connectivity index (χ1) is 11.4. The van der Waals surface area contributed by atoms with Crippen molar-refractivity contribution in [3.05, 3.63) is 29.8 Å². The number of halogens is 1. The molecule has 1 saturated heterocycles. The van der Waals surface area contributed by atoms with Gasteiger partial charge in [0, 0.05) is 32.2 Å². The SMILES string of the molecule is CCCN(C1CCNCC1)S(=O)(=O)c1cccc(C(=O)N(C)C)c1.Cl. The lowest BCUT2D eigenvalue weighted by molar-refractivity contribution is 0.0827. The summed E-state index contributed by atoms with van der Waals surface area (Å²) in [5, 5.41) is 3.27. The van der Waals surface area contributed by atoms with Crippen LogP contribution in [0.4, 0.5) is 0 Å². The fraction of sp³-hybridized carbons (Fsp3) is 0.588. The van der Waals surface area contributed by atoms with E-state index < -0.39 is 10.0 Å². The molecule has 0 aromatic heterocycles. The highest BCUT2D eigenvalue weighted by Gasteiger charge is 2.32. The minimum atomic E-state index is -3.61. The summed E-state index contributed by atoms with van der Waals surface area (Å²) >= 11 is 0. The van der Waals surface area contributed by atoms with Gasteiger partial charge < -0.3 is 10.2 Å². The van der Waals surface area contributed by atoms with E-state index in [1.165, 1.54) is 11.0 Å². The molecule has 142 valence electrons. The molecule has 1 aliphatic heterocycles. The minimum absolute atomic E-state index is 0. The van der Waals surface area contributed by atoms with E-state index in [1.807, 2.05) is 6.92 Å². The molecule has 0 radical (unpaired) electrons. The van der Waals surface area contributed by atoms with Crippen molar-refractivity contribution in [1.82, 2.24) is 14.5 Å². The Labute approximate surface area is 157 Å². The zero-order chi connectivity index (χ0) is 17.7. The molecule has 1 aliphatic rings. The largest absolute Gasteiger partial charge is 0.345 e. The number of nitrogens with zero attached hydrogens (tertiary/aromatic N) is 2. The van der Waals surface area contributed by atoms with Crippen molar-refractivity contribution >= 4 is 28.3 Å². The molecule has 0 bridgehead atoms. The van der Waals surface area contributed by atoms with Crippen LogP contribution in [0.5, 0.6) is 0 Å². The van der Waals surface area contributed by atoms with E-state index in [0.29, 0.717) is 12.1 Å². The molecule has 0 saturated carbocycles. The third kappa shape index (κ3) is 5.17. The Morgan fingerprint density at radius 1 is 1.24 bits per heavy atom. The molecule has 0 atom stereocenters. The van der Waals surface area contributed by atoms with Crippen LogP contribution in [0, 0.1) is 0 Å². The Bertz CT molecular complexity index is 673. The van der Waals surface area contributed by atoms with Gasteiger partial charge in [0.25, 0.3) is 5.91 Å². The van der Waals surface area contributed by atoms with E-state index in [1.54, 1.807) is 36.6 Å². The maximum atomic E-state index is 13.1. The topological polar surface area (TPSA) is 69.7 Å². The third-order valence-electron chi connectivity index (χ3n) is 4.25. The average molecular weight is 390 g/mol. The van der Waals surface area contributed by atoms with Gasteiger partial charge in [0.1, 0.15) is 0 Å². The first kappa shape index (κ1) is 21.9. The van der Waals surface area contributed by atoms with E-state index in [4.69, 9.17) is 0 Å². The maximum Gasteiger partial charge on any atom is 0.253 e. The number of nitrogens with one attached hydrogen (secondary N) is 1. The van der Waals surface area contributed by atoms with Gasteiger partial charge in [0.15, 0.2) is 0 Å². The molecule has 1 aromatic carbocycles. The molecule has 2 rings (SSSR count). The highest BCUT2D eigenvalue weighted by Crippen LogP contribution is 2.24. The lowest BCUT2D eigenvalue weighted by Gasteiger charge is -2.33. The Kier molecular flexibility index (Phi) is 8.34. The van der Waals surface area contributed by atoms with Crippen LogP contribution >= 0.6 is 12.4 Å². The van der Waals surface area contributed by atoms with Crippen LogP contribution in [0.15, 0.2) is 29.2 Å². The van der Waals surface area contributed by atoms with Gasteiger partial charge in [-0.15, -0.1) is 12.4 Å². The zero-order valence-electron chi connectivity index (χ0n) is 15.1. The number of hydrogen-bond donors (Lipinski definition) is 1. The van der Waals surface area contributed by atoms with Crippen molar-refractivity contribution < 1.29 is 13.2 Å². The van der Waals surface area contributed by atoms with Gasteiger partial charge in [-0.05, 0) is 50.6 Å². The molecule has 25 heavy (non-hydrogen) atoms. The fourth-order valence-corrected chi connectivity index (χ4v) is 4.82. The first-order valence-corrected chi connectivity index (χ1v) is 9.86. The third-order valence-corrected chi connectivity index (χ3v) is 6.20. The smallest absolute Gasteiger partial charge is 0.253 e. The van der Waals surface area contributed by atoms with E-state index in [9.17, 15) is 13.2 Å². The van der Waals surface area contributed by atoms with E-state index in [-0.39, 0.29) is 29.3 Å². The van der Waals surface area contributed by atoms with Gasteiger partial charge in [0.05, 0.1) is 4.90 Å². The predicted molar refractivity (Wildman–Crippen MR) is 102 cm³/mol. The summed E-state index contributed by atoms with van der Waals surface area (Å²) in [6.45, 7) is 4.15. The van der Waals surface area contributed by atoms with Gasteiger partial charge in [-0.2, -0.15) is 4.31 Å². The number of amides is 1.